The van der Waals surface area contributed by atoms with Crippen LogP contribution in [-0.4, -0.2) is 17.6 Å². The highest BCUT2D eigenvalue weighted by Crippen LogP contribution is 2.22. The van der Waals surface area contributed by atoms with Gasteiger partial charge in [0.2, 0.25) is 5.91 Å². The average molecular weight is 257 g/mol. The molecule has 1 atom stereocenters. The number of nitrogens with one attached hydrogen (secondary N) is 1. The third kappa shape index (κ3) is 4.41. The summed E-state index contributed by atoms with van der Waals surface area (Å²) in [7, 11) is 0. The van der Waals surface area contributed by atoms with E-state index in [0.29, 0.717) is 13.0 Å². The lowest BCUT2D eigenvalue weighted by molar-refractivity contribution is -0.121. The lowest BCUT2D eigenvalue weighted by Crippen LogP contribution is -2.22. The number of hydrogen-bond acceptors (Lipinski definition) is 2. The predicted octanol–water partition coefficient (Wildman–Crippen LogP) is 2.30. The number of carbonyl (C=O) groups excluding carboxylic acids is 1. The minimum Gasteiger partial charge on any atom is -0.388 e. The molecule has 0 aromatic heterocycles. The van der Waals surface area contributed by atoms with Crippen LogP contribution in [0.15, 0.2) is 18.2 Å². The Labute approximate surface area is 105 Å². The molecule has 0 aliphatic rings. The maximum Gasteiger partial charge on any atom is 0.219 e. The number of aliphatic hydroxyl groups excluding tert-OH is 1. The van der Waals surface area contributed by atoms with Gasteiger partial charge in [-0.05, 0) is 38.0 Å². The Morgan fingerprint density at radius 1 is 1.44 bits per heavy atom. The standard InChI is InChI=1S/C13H17F2NO2/c1-2-16-13(18)5-3-4-12(17)10-8-9(14)6-7-11(10)15/h6-8,12,17H,2-5H2,1H3,(H,16,18). The van der Waals surface area contributed by atoms with Crippen LogP contribution in [-0.2, 0) is 4.79 Å². The molecule has 0 aliphatic carbocycles. The summed E-state index contributed by atoms with van der Waals surface area (Å²) in [6.07, 6.45) is -0.183. The van der Waals surface area contributed by atoms with Crippen molar-refractivity contribution in [2.75, 3.05) is 6.54 Å². The number of aliphatic hydroxyl groups is 1. The van der Waals surface area contributed by atoms with E-state index in [1.54, 1.807) is 0 Å². The molecule has 18 heavy (non-hydrogen) atoms. The number of benzene rings is 1. The number of amides is 1. The molecule has 0 radical (unpaired) electrons. The van der Waals surface area contributed by atoms with Crippen LogP contribution in [0.1, 0.15) is 37.9 Å². The van der Waals surface area contributed by atoms with E-state index in [4.69, 9.17) is 0 Å². The molecule has 0 fully saturated rings. The zero-order valence-corrected chi connectivity index (χ0v) is 10.2. The molecule has 100 valence electrons. The van der Waals surface area contributed by atoms with Crippen molar-refractivity contribution in [2.24, 2.45) is 0 Å². The van der Waals surface area contributed by atoms with Crippen molar-refractivity contribution >= 4 is 5.91 Å². The Morgan fingerprint density at radius 2 is 2.17 bits per heavy atom. The Bertz CT molecular complexity index is 410. The Morgan fingerprint density at radius 3 is 2.83 bits per heavy atom. The van der Waals surface area contributed by atoms with E-state index in [9.17, 15) is 18.7 Å². The molecule has 0 aliphatic heterocycles. The molecule has 0 heterocycles. The fourth-order valence-corrected chi connectivity index (χ4v) is 1.67. The van der Waals surface area contributed by atoms with E-state index in [-0.39, 0.29) is 24.3 Å². The second-order valence-electron chi connectivity index (χ2n) is 4.03. The van der Waals surface area contributed by atoms with Gasteiger partial charge in [-0.2, -0.15) is 0 Å². The third-order valence-corrected chi connectivity index (χ3v) is 2.57. The van der Waals surface area contributed by atoms with Crippen molar-refractivity contribution in [2.45, 2.75) is 32.3 Å². The van der Waals surface area contributed by atoms with Gasteiger partial charge in [-0.1, -0.05) is 0 Å². The van der Waals surface area contributed by atoms with Crippen LogP contribution in [0.3, 0.4) is 0 Å². The molecule has 0 saturated heterocycles. The van der Waals surface area contributed by atoms with Crippen LogP contribution in [0.4, 0.5) is 8.78 Å². The van der Waals surface area contributed by atoms with Crippen molar-refractivity contribution in [1.82, 2.24) is 5.32 Å². The van der Waals surface area contributed by atoms with Crippen LogP contribution in [0.2, 0.25) is 0 Å². The number of hydrogen-bond donors (Lipinski definition) is 2. The smallest absolute Gasteiger partial charge is 0.219 e. The van der Waals surface area contributed by atoms with E-state index in [1.165, 1.54) is 0 Å². The molecule has 0 bridgehead atoms. The van der Waals surface area contributed by atoms with Gasteiger partial charge in [0, 0.05) is 18.5 Å². The van der Waals surface area contributed by atoms with Gasteiger partial charge >= 0.3 is 0 Å². The van der Waals surface area contributed by atoms with E-state index in [1.807, 2.05) is 6.92 Å². The molecule has 1 rings (SSSR count). The summed E-state index contributed by atoms with van der Waals surface area (Å²) in [5, 5.41) is 12.4. The first-order valence-electron chi connectivity index (χ1n) is 5.94. The summed E-state index contributed by atoms with van der Waals surface area (Å²) in [5.41, 5.74) is -0.0640. The van der Waals surface area contributed by atoms with Crippen LogP contribution in [0, 0.1) is 11.6 Å². The highest BCUT2D eigenvalue weighted by atomic mass is 19.1. The first-order chi connectivity index (χ1) is 8.54. The van der Waals surface area contributed by atoms with Crippen LogP contribution >= 0.6 is 0 Å². The topological polar surface area (TPSA) is 49.3 Å². The van der Waals surface area contributed by atoms with Crippen LogP contribution < -0.4 is 5.32 Å². The number of halogens is 2. The summed E-state index contributed by atoms with van der Waals surface area (Å²) in [6, 6.07) is 2.96. The minimum absolute atomic E-state index is 0.0640. The van der Waals surface area contributed by atoms with E-state index < -0.39 is 17.7 Å². The molecule has 3 nitrogen and oxygen atoms in total. The zero-order valence-electron chi connectivity index (χ0n) is 10.2. The first-order valence-corrected chi connectivity index (χ1v) is 5.94. The van der Waals surface area contributed by atoms with E-state index >= 15 is 0 Å². The summed E-state index contributed by atoms with van der Waals surface area (Å²) in [6.45, 7) is 2.37. The second-order valence-corrected chi connectivity index (χ2v) is 4.03. The largest absolute Gasteiger partial charge is 0.388 e. The maximum atomic E-state index is 13.3. The second kappa shape index (κ2) is 7.06. The van der Waals surface area contributed by atoms with Gasteiger partial charge in [0.1, 0.15) is 11.6 Å². The van der Waals surface area contributed by atoms with Gasteiger partial charge in [0.05, 0.1) is 6.10 Å². The first kappa shape index (κ1) is 14.6. The molecule has 1 amide bonds. The summed E-state index contributed by atoms with van der Waals surface area (Å²) < 4.78 is 26.2. The fraction of sp³-hybridized carbons (Fsp3) is 0.462. The molecule has 0 saturated carbocycles. The average Bonchev–Trinajstić information content (AvgIpc) is 2.32. The molecule has 1 aromatic rings. The SMILES string of the molecule is CCNC(=O)CCCC(O)c1cc(F)ccc1F. The number of carbonyl (C=O) groups is 1. The van der Waals surface area contributed by atoms with Gasteiger partial charge in [0.25, 0.3) is 0 Å². The van der Waals surface area contributed by atoms with Gasteiger partial charge in [-0.3, -0.25) is 4.79 Å². The lowest BCUT2D eigenvalue weighted by atomic mass is 10.0. The lowest BCUT2D eigenvalue weighted by Gasteiger charge is -2.11. The molecule has 5 heteroatoms. The summed E-state index contributed by atoms with van der Waals surface area (Å²) in [4.78, 5) is 11.2. The Kier molecular flexibility index (Phi) is 5.71. The van der Waals surface area contributed by atoms with Crippen LogP contribution in [0.5, 0.6) is 0 Å². The van der Waals surface area contributed by atoms with Gasteiger partial charge in [0.15, 0.2) is 0 Å². The molecular weight excluding hydrogens is 240 g/mol. The van der Waals surface area contributed by atoms with Crippen molar-refractivity contribution < 1.29 is 18.7 Å². The molecule has 0 spiro atoms. The molecular formula is C13H17F2NO2. The van der Waals surface area contributed by atoms with Crippen molar-refractivity contribution in [3.63, 3.8) is 0 Å². The maximum absolute atomic E-state index is 13.3. The van der Waals surface area contributed by atoms with Crippen LogP contribution in [0.25, 0.3) is 0 Å². The molecule has 2 N–H and O–H groups in total. The van der Waals surface area contributed by atoms with Gasteiger partial charge < -0.3 is 10.4 Å². The summed E-state index contributed by atoms with van der Waals surface area (Å²) in [5.74, 6) is -1.33. The Hall–Kier alpha value is -1.49. The minimum atomic E-state index is -1.09. The Balaban J connectivity index is 2.47. The monoisotopic (exact) mass is 257 g/mol. The predicted molar refractivity (Wildman–Crippen MR) is 63.9 cm³/mol. The highest BCUT2D eigenvalue weighted by molar-refractivity contribution is 5.75. The molecule has 1 unspecified atom stereocenters. The van der Waals surface area contributed by atoms with Crippen molar-refractivity contribution in [3.05, 3.63) is 35.4 Å². The van der Waals surface area contributed by atoms with E-state index in [2.05, 4.69) is 5.32 Å². The van der Waals surface area contributed by atoms with E-state index in [0.717, 1.165) is 18.2 Å². The molecule has 1 aromatic carbocycles. The fourth-order valence-electron chi connectivity index (χ4n) is 1.67. The van der Waals surface area contributed by atoms with Gasteiger partial charge in [-0.15, -0.1) is 0 Å². The highest BCUT2D eigenvalue weighted by Gasteiger charge is 2.14. The third-order valence-electron chi connectivity index (χ3n) is 2.57. The summed E-state index contributed by atoms with van der Waals surface area (Å²) >= 11 is 0. The van der Waals surface area contributed by atoms with Gasteiger partial charge in [-0.25, -0.2) is 8.78 Å². The number of rotatable bonds is 6. The van der Waals surface area contributed by atoms with Crippen molar-refractivity contribution in [1.29, 1.82) is 0 Å². The zero-order chi connectivity index (χ0) is 13.5. The normalized spacial score (nSPS) is 12.2. The quantitative estimate of drug-likeness (QED) is 0.821. The van der Waals surface area contributed by atoms with Crippen molar-refractivity contribution in [3.8, 4) is 0 Å².